The molecule has 2 aromatic rings. The van der Waals surface area contributed by atoms with E-state index in [1.165, 1.54) is 0 Å². The van der Waals surface area contributed by atoms with E-state index in [9.17, 15) is 9.59 Å². The molecule has 2 N–H and O–H groups in total. The Balaban J connectivity index is 1.80. The first kappa shape index (κ1) is 19.3. The minimum atomic E-state index is -0.410. The van der Waals surface area contributed by atoms with Crippen LogP contribution in [0.15, 0.2) is 48.5 Å². The van der Waals surface area contributed by atoms with Crippen molar-refractivity contribution in [1.82, 2.24) is 5.32 Å². The summed E-state index contributed by atoms with van der Waals surface area (Å²) >= 11 is 0. The molecular formula is C20H24N2O4. The average Bonchev–Trinajstić information content (AvgIpc) is 2.64. The van der Waals surface area contributed by atoms with Gasteiger partial charge in [0.25, 0.3) is 0 Å². The summed E-state index contributed by atoms with van der Waals surface area (Å²) in [5, 5.41) is 5.51. The molecular weight excluding hydrogens is 332 g/mol. The van der Waals surface area contributed by atoms with Crippen molar-refractivity contribution in [1.29, 1.82) is 0 Å². The standard InChI is InChI=1S/C20H24N2O4/c1-3-25-18-10-8-15(9-11-18)12-13-21-20(24)22-17-7-5-6-16(14-17)19(23)26-4-2/h5-11,14H,3-4,12-13H2,1-2H3,(H2,21,22,24). The number of carbonyl (C=O) groups is 2. The summed E-state index contributed by atoms with van der Waals surface area (Å²) in [6, 6.07) is 14.1. The molecule has 6 nitrogen and oxygen atoms in total. The number of carbonyl (C=O) groups excluding carboxylic acids is 2. The minimum Gasteiger partial charge on any atom is -0.494 e. The Kier molecular flexibility index (Phi) is 7.49. The van der Waals surface area contributed by atoms with E-state index in [2.05, 4.69) is 10.6 Å². The van der Waals surface area contributed by atoms with Gasteiger partial charge in [0, 0.05) is 12.2 Å². The molecule has 138 valence electrons. The van der Waals surface area contributed by atoms with Gasteiger partial charge in [0.15, 0.2) is 0 Å². The lowest BCUT2D eigenvalue weighted by atomic mass is 10.1. The fraction of sp³-hybridized carbons (Fsp3) is 0.300. The Morgan fingerprint density at radius 2 is 1.77 bits per heavy atom. The van der Waals surface area contributed by atoms with Crippen LogP contribution in [0.25, 0.3) is 0 Å². The molecule has 0 aromatic heterocycles. The molecule has 0 saturated carbocycles. The molecule has 2 amide bonds. The number of hydrogen-bond acceptors (Lipinski definition) is 4. The molecule has 0 spiro atoms. The van der Waals surface area contributed by atoms with E-state index in [1.54, 1.807) is 31.2 Å². The number of benzene rings is 2. The molecule has 0 unspecified atom stereocenters. The molecule has 2 aromatic carbocycles. The lowest BCUT2D eigenvalue weighted by Gasteiger charge is -2.09. The largest absolute Gasteiger partial charge is 0.494 e. The Morgan fingerprint density at radius 3 is 2.46 bits per heavy atom. The lowest BCUT2D eigenvalue weighted by Crippen LogP contribution is -2.30. The summed E-state index contributed by atoms with van der Waals surface area (Å²) in [6.45, 7) is 5.13. The molecule has 0 aliphatic carbocycles. The molecule has 0 fully saturated rings. The highest BCUT2D eigenvalue weighted by Crippen LogP contribution is 2.13. The number of hydrogen-bond donors (Lipinski definition) is 2. The number of ether oxygens (including phenoxy) is 2. The van der Waals surface area contributed by atoms with Gasteiger partial charge in [-0.25, -0.2) is 9.59 Å². The quantitative estimate of drug-likeness (QED) is 0.708. The van der Waals surface area contributed by atoms with Crippen molar-refractivity contribution in [3.05, 3.63) is 59.7 Å². The van der Waals surface area contributed by atoms with Crippen LogP contribution in [0.3, 0.4) is 0 Å². The highest BCUT2D eigenvalue weighted by atomic mass is 16.5. The molecule has 0 aliphatic rings. The van der Waals surface area contributed by atoms with E-state index < -0.39 is 5.97 Å². The van der Waals surface area contributed by atoms with Gasteiger partial charge in [0.1, 0.15) is 5.75 Å². The van der Waals surface area contributed by atoms with Gasteiger partial charge in [-0.15, -0.1) is 0 Å². The van der Waals surface area contributed by atoms with Crippen molar-refractivity contribution in [3.8, 4) is 5.75 Å². The van der Waals surface area contributed by atoms with Crippen molar-refractivity contribution in [2.75, 3.05) is 25.1 Å². The van der Waals surface area contributed by atoms with Gasteiger partial charge in [-0.1, -0.05) is 18.2 Å². The highest BCUT2D eigenvalue weighted by molar-refractivity contribution is 5.93. The molecule has 0 aliphatic heterocycles. The van der Waals surface area contributed by atoms with Gasteiger partial charge in [0.2, 0.25) is 0 Å². The van der Waals surface area contributed by atoms with E-state index in [0.717, 1.165) is 11.3 Å². The van der Waals surface area contributed by atoms with Crippen molar-refractivity contribution in [2.45, 2.75) is 20.3 Å². The summed E-state index contributed by atoms with van der Waals surface area (Å²) in [6.07, 6.45) is 0.711. The second-order valence-electron chi connectivity index (χ2n) is 5.51. The van der Waals surface area contributed by atoms with Crippen LogP contribution in [0.1, 0.15) is 29.8 Å². The monoisotopic (exact) mass is 356 g/mol. The van der Waals surface area contributed by atoms with Gasteiger partial charge < -0.3 is 20.1 Å². The predicted octanol–water partition coefficient (Wildman–Crippen LogP) is 3.63. The van der Waals surface area contributed by atoms with Crippen LogP contribution >= 0.6 is 0 Å². The summed E-state index contributed by atoms with van der Waals surface area (Å²) in [5.74, 6) is 0.426. The van der Waals surface area contributed by atoms with Crippen LogP contribution < -0.4 is 15.4 Å². The van der Waals surface area contributed by atoms with Crippen LogP contribution in [-0.4, -0.2) is 31.8 Å². The molecule has 0 bridgehead atoms. The maximum absolute atomic E-state index is 12.0. The van der Waals surface area contributed by atoms with E-state index >= 15 is 0 Å². The highest BCUT2D eigenvalue weighted by Gasteiger charge is 2.08. The van der Waals surface area contributed by atoms with Crippen molar-refractivity contribution < 1.29 is 19.1 Å². The molecule has 0 atom stereocenters. The first-order valence-corrected chi connectivity index (χ1v) is 8.66. The summed E-state index contributed by atoms with van der Waals surface area (Å²) < 4.78 is 10.3. The number of amides is 2. The second kappa shape index (κ2) is 10.1. The molecule has 2 rings (SSSR count). The maximum Gasteiger partial charge on any atom is 0.338 e. The minimum absolute atomic E-state index is 0.308. The van der Waals surface area contributed by atoms with Gasteiger partial charge in [-0.2, -0.15) is 0 Å². The maximum atomic E-state index is 12.0. The fourth-order valence-electron chi connectivity index (χ4n) is 2.35. The van der Waals surface area contributed by atoms with Crippen LogP contribution in [-0.2, 0) is 11.2 Å². The summed E-state index contributed by atoms with van der Waals surface area (Å²) in [7, 11) is 0. The van der Waals surface area contributed by atoms with Crippen LogP contribution in [0.5, 0.6) is 5.75 Å². The van der Waals surface area contributed by atoms with Gasteiger partial charge >= 0.3 is 12.0 Å². The number of anilines is 1. The Hall–Kier alpha value is -3.02. The van der Waals surface area contributed by atoms with E-state index in [0.29, 0.717) is 37.4 Å². The number of esters is 1. The van der Waals surface area contributed by atoms with Crippen LogP contribution in [0, 0.1) is 0 Å². The normalized spacial score (nSPS) is 10.1. The fourth-order valence-corrected chi connectivity index (χ4v) is 2.35. The van der Waals surface area contributed by atoms with Crippen LogP contribution in [0.4, 0.5) is 10.5 Å². The van der Waals surface area contributed by atoms with Gasteiger partial charge in [-0.3, -0.25) is 0 Å². The zero-order chi connectivity index (χ0) is 18.8. The molecule has 6 heteroatoms. The topological polar surface area (TPSA) is 76.7 Å². The van der Waals surface area contributed by atoms with Gasteiger partial charge in [0.05, 0.1) is 18.8 Å². The third-order valence-corrected chi connectivity index (χ3v) is 3.57. The first-order valence-electron chi connectivity index (χ1n) is 8.66. The number of nitrogens with one attached hydrogen (secondary N) is 2. The van der Waals surface area contributed by atoms with Crippen molar-refractivity contribution in [2.24, 2.45) is 0 Å². The Labute approximate surface area is 153 Å². The number of rotatable bonds is 8. The molecule has 0 heterocycles. The SMILES string of the molecule is CCOC(=O)c1cccc(NC(=O)NCCc2ccc(OCC)cc2)c1. The van der Waals surface area contributed by atoms with Crippen molar-refractivity contribution in [3.63, 3.8) is 0 Å². The third-order valence-electron chi connectivity index (χ3n) is 3.57. The van der Waals surface area contributed by atoms with E-state index in [-0.39, 0.29) is 6.03 Å². The first-order chi connectivity index (χ1) is 12.6. The number of urea groups is 1. The summed E-state index contributed by atoms with van der Waals surface area (Å²) in [5.41, 5.74) is 2.05. The van der Waals surface area contributed by atoms with E-state index in [1.807, 2.05) is 31.2 Å². The Morgan fingerprint density at radius 1 is 1.00 bits per heavy atom. The van der Waals surface area contributed by atoms with E-state index in [4.69, 9.17) is 9.47 Å². The van der Waals surface area contributed by atoms with Crippen LogP contribution in [0.2, 0.25) is 0 Å². The molecule has 0 saturated heterocycles. The smallest absolute Gasteiger partial charge is 0.338 e. The zero-order valence-electron chi connectivity index (χ0n) is 15.1. The zero-order valence-corrected chi connectivity index (χ0v) is 15.1. The van der Waals surface area contributed by atoms with Gasteiger partial charge in [-0.05, 0) is 56.2 Å². The predicted molar refractivity (Wildman–Crippen MR) is 101 cm³/mol. The molecule has 26 heavy (non-hydrogen) atoms. The molecule has 0 radical (unpaired) electrons. The lowest BCUT2D eigenvalue weighted by molar-refractivity contribution is 0.0526. The Bertz CT molecular complexity index is 729. The third kappa shape index (κ3) is 6.12. The van der Waals surface area contributed by atoms with Crippen molar-refractivity contribution >= 4 is 17.7 Å². The summed E-state index contributed by atoms with van der Waals surface area (Å²) in [4.78, 5) is 23.7. The second-order valence-corrected chi connectivity index (χ2v) is 5.51. The average molecular weight is 356 g/mol.